The minimum absolute atomic E-state index is 0.0788. The predicted molar refractivity (Wildman–Crippen MR) is 73.1 cm³/mol. The van der Waals surface area contributed by atoms with Crippen LogP contribution in [0.4, 0.5) is 8.78 Å². The van der Waals surface area contributed by atoms with Gasteiger partial charge in [0.1, 0.15) is 0 Å². The highest BCUT2D eigenvalue weighted by Crippen LogP contribution is 2.68. The smallest absolute Gasteiger partial charge is 0.263 e. The third-order valence-electron chi connectivity index (χ3n) is 5.72. The van der Waals surface area contributed by atoms with Crippen molar-refractivity contribution >= 4 is 0 Å². The average molecular weight is 270 g/mol. The van der Waals surface area contributed by atoms with E-state index in [9.17, 15) is 8.78 Å². The van der Waals surface area contributed by atoms with E-state index in [1.807, 2.05) is 0 Å². The van der Waals surface area contributed by atoms with Gasteiger partial charge < -0.3 is 0 Å². The van der Waals surface area contributed by atoms with Gasteiger partial charge >= 0.3 is 0 Å². The molecule has 2 fully saturated rings. The van der Waals surface area contributed by atoms with Crippen LogP contribution in [-0.4, -0.2) is 29.5 Å². The van der Waals surface area contributed by atoms with Gasteiger partial charge in [0.2, 0.25) is 0 Å². The van der Waals surface area contributed by atoms with Crippen LogP contribution in [0.25, 0.3) is 0 Å². The van der Waals surface area contributed by atoms with Crippen molar-refractivity contribution in [2.24, 2.45) is 29.1 Å². The Morgan fingerprint density at radius 2 is 1.95 bits per heavy atom. The fraction of sp³-hybridized carbons (Fsp3) is 0.875. The third kappa shape index (κ3) is 1.43. The second kappa shape index (κ2) is 3.81. The number of fused-ring (bicyclic) bond motifs is 5. The molecule has 0 aromatic carbocycles. The Labute approximate surface area is 116 Å². The van der Waals surface area contributed by atoms with Crippen LogP contribution in [0.5, 0.6) is 0 Å². The van der Waals surface area contributed by atoms with E-state index in [-0.39, 0.29) is 17.9 Å². The largest absolute Gasteiger partial charge is 0.297 e. The van der Waals surface area contributed by atoms with E-state index < -0.39 is 17.2 Å². The molecular weight excluding hydrogens is 244 g/mol. The van der Waals surface area contributed by atoms with Gasteiger partial charge in [-0.2, -0.15) is 0 Å². The van der Waals surface area contributed by atoms with Gasteiger partial charge in [-0.25, -0.2) is 8.78 Å². The number of alkyl halides is 2. The van der Waals surface area contributed by atoms with E-state index in [0.717, 1.165) is 0 Å². The lowest BCUT2D eigenvalue weighted by molar-refractivity contribution is -0.0970. The molecule has 0 aromatic rings. The summed E-state index contributed by atoms with van der Waals surface area (Å²) in [5.41, 5.74) is -1.14. The van der Waals surface area contributed by atoms with Crippen LogP contribution in [0.1, 0.15) is 36.0 Å². The first-order valence-electron chi connectivity index (χ1n) is 7.92. The predicted octanol–water partition coefficient (Wildman–Crippen LogP) is 3.81. The summed E-state index contributed by atoms with van der Waals surface area (Å²) in [5.74, 6) is -4.72. The van der Waals surface area contributed by atoms with Crippen LogP contribution in [0.3, 0.4) is 0 Å². The summed E-state index contributed by atoms with van der Waals surface area (Å²) in [6.45, 7) is 10.8. The van der Waals surface area contributed by atoms with Gasteiger partial charge in [-0.3, -0.25) is 4.90 Å². The quantitative estimate of drug-likeness (QED) is 0.690. The zero-order valence-electron chi connectivity index (χ0n) is 13.5. The van der Waals surface area contributed by atoms with E-state index in [1.165, 1.54) is 6.08 Å². The lowest BCUT2D eigenvalue weighted by Gasteiger charge is -2.36. The molecule has 5 unspecified atom stereocenters. The van der Waals surface area contributed by atoms with Gasteiger partial charge in [0, 0.05) is 25.9 Å². The van der Waals surface area contributed by atoms with Crippen molar-refractivity contribution in [1.82, 2.24) is 4.90 Å². The van der Waals surface area contributed by atoms with Gasteiger partial charge in [-0.05, 0) is 38.5 Å². The molecule has 3 rings (SSSR count). The Bertz CT molecular complexity index is 461. The molecule has 3 heteroatoms. The number of hydrogen-bond acceptors (Lipinski definition) is 1. The first-order chi connectivity index (χ1) is 9.08. The summed E-state index contributed by atoms with van der Waals surface area (Å²) in [5, 5.41) is 0. The second-order valence-electron chi connectivity index (χ2n) is 7.30. The Kier molecular flexibility index (Phi) is 2.47. The van der Waals surface area contributed by atoms with Crippen molar-refractivity contribution in [2.75, 3.05) is 6.54 Å². The molecule has 0 N–H and O–H groups in total. The van der Waals surface area contributed by atoms with Gasteiger partial charge in [0.15, 0.2) is 0 Å². The van der Waals surface area contributed by atoms with Crippen molar-refractivity contribution in [2.45, 2.75) is 52.6 Å². The molecule has 1 saturated carbocycles. The third-order valence-corrected chi connectivity index (χ3v) is 5.72. The Morgan fingerprint density at radius 1 is 1.32 bits per heavy atom. The first kappa shape index (κ1) is 12.3. The van der Waals surface area contributed by atoms with E-state index >= 15 is 0 Å². The monoisotopic (exact) mass is 270 g/mol. The molecule has 108 valence electrons. The Balaban J connectivity index is 2.10. The summed E-state index contributed by atoms with van der Waals surface area (Å²) in [7, 11) is 0. The van der Waals surface area contributed by atoms with Crippen molar-refractivity contribution in [1.29, 1.82) is 0 Å². The Hall–Kier alpha value is -0.440. The molecule has 3 aliphatic rings. The molecule has 1 aliphatic heterocycles. The first-order valence-corrected chi connectivity index (χ1v) is 7.42. The molecule has 2 bridgehead atoms. The number of rotatable bonds is 2. The summed E-state index contributed by atoms with van der Waals surface area (Å²) in [4.78, 5) is 2.35. The highest BCUT2D eigenvalue weighted by atomic mass is 19.3. The summed E-state index contributed by atoms with van der Waals surface area (Å²) < 4.78 is 38.1. The molecule has 0 spiro atoms. The number of hydrogen-bond donors (Lipinski definition) is 0. The normalized spacial score (nSPS) is 52.3. The van der Waals surface area contributed by atoms with Gasteiger partial charge in [0.25, 0.3) is 5.92 Å². The molecule has 0 radical (unpaired) electrons. The van der Waals surface area contributed by atoms with Gasteiger partial charge in [-0.15, -0.1) is 0 Å². The maximum atomic E-state index is 14.8. The van der Waals surface area contributed by atoms with Gasteiger partial charge in [0.05, 0.1) is 5.41 Å². The van der Waals surface area contributed by atoms with Crippen molar-refractivity contribution in [3.63, 3.8) is 0 Å². The summed E-state index contributed by atoms with van der Waals surface area (Å²) >= 11 is 0. The Morgan fingerprint density at radius 3 is 2.47 bits per heavy atom. The lowest BCUT2D eigenvalue weighted by Crippen LogP contribution is -2.45. The van der Waals surface area contributed by atoms with Crippen molar-refractivity contribution in [3.05, 3.63) is 12.2 Å². The number of halogens is 2. The number of likely N-dealkylation sites (tertiary alicyclic amines) is 1. The standard InChI is InChI=1S/C16H25F2N/c1-9(2)14-13-11-6-7-15(5,16(11,17)18)12(13)8-19(14)10(3)4/h6-7,9-14H,8H2,1-5H3/i11D. The molecular formula is C16H25F2N. The topological polar surface area (TPSA) is 3.24 Å². The van der Waals surface area contributed by atoms with Crippen LogP contribution < -0.4 is 0 Å². The van der Waals surface area contributed by atoms with Gasteiger partial charge in [-0.1, -0.05) is 26.0 Å². The minimum atomic E-state index is -2.94. The molecule has 5 atom stereocenters. The second-order valence-corrected chi connectivity index (χ2v) is 7.30. The molecule has 19 heavy (non-hydrogen) atoms. The van der Waals surface area contributed by atoms with E-state index in [0.29, 0.717) is 18.5 Å². The van der Waals surface area contributed by atoms with Crippen molar-refractivity contribution in [3.8, 4) is 0 Å². The molecule has 1 saturated heterocycles. The van der Waals surface area contributed by atoms with E-state index in [1.54, 1.807) is 13.0 Å². The summed E-state index contributed by atoms with van der Waals surface area (Å²) in [6, 6.07) is 0.420. The minimum Gasteiger partial charge on any atom is -0.297 e. The SMILES string of the molecule is [2H]C12C=CC(C)(C3CN(C(C)C)C(C(C)C)C31)C2(F)F. The maximum Gasteiger partial charge on any atom is 0.263 e. The zero-order chi connectivity index (χ0) is 15.1. The van der Waals surface area contributed by atoms with Crippen LogP contribution in [-0.2, 0) is 0 Å². The highest BCUT2D eigenvalue weighted by Gasteiger charge is 2.74. The molecule has 0 aromatic heterocycles. The molecule has 1 heterocycles. The number of nitrogens with zero attached hydrogens (tertiary/aromatic N) is 1. The molecule has 1 nitrogen and oxygen atoms in total. The van der Waals surface area contributed by atoms with Crippen LogP contribution in [0.15, 0.2) is 12.2 Å². The highest BCUT2D eigenvalue weighted by molar-refractivity contribution is 5.31. The molecule has 0 amide bonds. The zero-order valence-corrected chi connectivity index (χ0v) is 12.5. The number of allylic oxidation sites excluding steroid dienone is 2. The maximum absolute atomic E-state index is 14.8. The van der Waals surface area contributed by atoms with E-state index in [2.05, 4.69) is 32.6 Å². The van der Waals surface area contributed by atoms with Crippen LogP contribution >= 0.6 is 0 Å². The van der Waals surface area contributed by atoms with Crippen molar-refractivity contribution < 1.29 is 10.2 Å². The fourth-order valence-electron chi connectivity index (χ4n) is 4.68. The van der Waals surface area contributed by atoms with Crippen LogP contribution in [0.2, 0.25) is 0 Å². The lowest BCUT2D eigenvalue weighted by atomic mass is 9.73. The summed E-state index contributed by atoms with van der Waals surface area (Å²) in [6.07, 6.45) is 3.12. The van der Waals surface area contributed by atoms with E-state index in [4.69, 9.17) is 1.37 Å². The fourth-order valence-corrected chi connectivity index (χ4v) is 4.68. The molecule has 2 aliphatic carbocycles. The van der Waals surface area contributed by atoms with Crippen LogP contribution in [0, 0.1) is 29.1 Å². The average Bonchev–Trinajstić information content (AvgIpc) is 2.85.